The Balaban J connectivity index is 1.79. The molecule has 0 amide bonds. The lowest BCUT2D eigenvalue weighted by molar-refractivity contribution is -0.0547. The van der Waals surface area contributed by atoms with Crippen LogP contribution in [0.3, 0.4) is 0 Å². The molecular weight excluding hydrogens is 478 g/mol. The average Bonchev–Trinajstić information content (AvgIpc) is 2.97. The third kappa shape index (κ3) is 5.82. The maximum atomic E-state index is 12.8. The summed E-state index contributed by atoms with van der Waals surface area (Å²) in [7, 11) is -10.6. The van der Waals surface area contributed by atoms with E-state index < -0.39 is 58.0 Å². The molecule has 18 heteroatoms. The lowest BCUT2D eigenvalue weighted by Gasteiger charge is -2.19. The van der Waals surface area contributed by atoms with Crippen LogP contribution in [-0.4, -0.2) is 68.9 Å². The molecule has 3 rings (SSSR count). The highest BCUT2D eigenvalue weighted by molar-refractivity contribution is 7.60. The SMILES string of the molecule is O=c1ccn([C@@H]2O[C@H](COP(=O)(O)OP(=O)(O)O)C(O)[C@@H]2O)c(=O)n1Cc1ncccn1. The second-order valence-electron chi connectivity index (χ2n) is 6.48. The summed E-state index contributed by atoms with van der Waals surface area (Å²) < 4.78 is 37.1. The van der Waals surface area contributed by atoms with E-state index in [0.29, 0.717) is 0 Å². The highest BCUT2D eigenvalue weighted by Gasteiger charge is 2.46. The lowest BCUT2D eigenvalue weighted by atomic mass is 10.1. The van der Waals surface area contributed by atoms with Crippen LogP contribution in [0.15, 0.2) is 40.3 Å². The molecule has 0 spiro atoms. The first-order valence-electron chi connectivity index (χ1n) is 8.72. The topological polar surface area (TPSA) is 233 Å². The molecule has 0 saturated carbocycles. The van der Waals surface area contributed by atoms with Crippen LogP contribution >= 0.6 is 15.6 Å². The number of ether oxygens (including phenoxy) is 1. The van der Waals surface area contributed by atoms with Crippen LogP contribution in [0.25, 0.3) is 0 Å². The molecule has 1 saturated heterocycles. The summed E-state index contributed by atoms with van der Waals surface area (Å²) in [4.78, 5) is 59.3. The number of aliphatic hydroxyl groups excluding tert-OH is 2. The fourth-order valence-electron chi connectivity index (χ4n) is 2.85. The van der Waals surface area contributed by atoms with Crippen LogP contribution < -0.4 is 11.2 Å². The Kier molecular flexibility index (Phi) is 7.21. The third-order valence-electron chi connectivity index (χ3n) is 4.24. The fourth-order valence-corrected chi connectivity index (χ4v) is 4.45. The zero-order valence-electron chi connectivity index (χ0n) is 15.9. The van der Waals surface area contributed by atoms with Gasteiger partial charge < -0.3 is 29.6 Å². The molecule has 32 heavy (non-hydrogen) atoms. The van der Waals surface area contributed by atoms with Gasteiger partial charge in [-0.3, -0.25) is 18.5 Å². The summed E-state index contributed by atoms with van der Waals surface area (Å²) in [5.74, 6) is 0.160. The van der Waals surface area contributed by atoms with Gasteiger partial charge in [-0.1, -0.05) is 0 Å². The van der Waals surface area contributed by atoms with Crippen LogP contribution in [0.1, 0.15) is 12.1 Å². The van der Waals surface area contributed by atoms with Gasteiger partial charge in [-0.2, -0.15) is 4.31 Å². The molecule has 1 aliphatic rings. The van der Waals surface area contributed by atoms with Crippen molar-refractivity contribution >= 4 is 15.6 Å². The zero-order chi connectivity index (χ0) is 23.7. The molecule has 16 nitrogen and oxygen atoms in total. The molecule has 5 N–H and O–H groups in total. The van der Waals surface area contributed by atoms with E-state index in [1.807, 2.05) is 0 Å². The highest BCUT2D eigenvalue weighted by atomic mass is 31.3. The summed E-state index contributed by atoms with van der Waals surface area (Å²) >= 11 is 0. The maximum Gasteiger partial charge on any atom is 0.481 e. The fraction of sp³-hybridized carbons (Fsp3) is 0.429. The number of hydrogen-bond acceptors (Lipinski definition) is 11. The predicted molar refractivity (Wildman–Crippen MR) is 101 cm³/mol. The molecule has 0 bridgehead atoms. The van der Waals surface area contributed by atoms with Crippen molar-refractivity contribution in [1.29, 1.82) is 0 Å². The van der Waals surface area contributed by atoms with Crippen LogP contribution in [0.5, 0.6) is 0 Å². The monoisotopic (exact) mass is 496 g/mol. The molecule has 176 valence electrons. The summed E-state index contributed by atoms with van der Waals surface area (Å²) in [6.07, 6.45) is -2.66. The van der Waals surface area contributed by atoms with Crippen molar-refractivity contribution in [2.75, 3.05) is 6.61 Å². The van der Waals surface area contributed by atoms with E-state index in [1.54, 1.807) is 0 Å². The van der Waals surface area contributed by atoms with Crippen molar-refractivity contribution < 1.29 is 47.6 Å². The maximum absolute atomic E-state index is 12.8. The Hall–Kier alpha value is -2.10. The van der Waals surface area contributed by atoms with Gasteiger partial charge >= 0.3 is 21.3 Å². The summed E-state index contributed by atoms with van der Waals surface area (Å²) in [5, 5.41) is 20.4. The normalized spacial score (nSPS) is 25.5. The van der Waals surface area contributed by atoms with Crippen LogP contribution in [-0.2, 0) is 29.2 Å². The number of hydrogen-bond donors (Lipinski definition) is 5. The number of phosphoric acid groups is 2. The molecule has 2 unspecified atom stereocenters. The van der Waals surface area contributed by atoms with Gasteiger partial charge in [0.2, 0.25) is 0 Å². The van der Waals surface area contributed by atoms with Gasteiger partial charge in [-0.15, -0.1) is 0 Å². The predicted octanol–water partition coefficient (Wildman–Crippen LogP) is -2.31. The van der Waals surface area contributed by atoms with E-state index in [1.165, 1.54) is 18.5 Å². The quantitative estimate of drug-likeness (QED) is 0.242. The standard InChI is InChI=1S/C14H18N4O12P2/c19-10-2-5-17(14(22)18(10)6-9-15-3-1-4-16-9)13-12(21)11(20)8(29-13)7-28-32(26,27)30-31(23,24)25/h1-5,8,11-13,20-21H,6-7H2,(H,26,27)(H2,23,24,25)/t8-,11?,12+,13-/m1/s1. The number of aliphatic hydroxyl groups is 2. The first-order chi connectivity index (χ1) is 14.9. The molecule has 1 fully saturated rings. The van der Waals surface area contributed by atoms with E-state index in [0.717, 1.165) is 21.4 Å². The second kappa shape index (κ2) is 9.41. The van der Waals surface area contributed by atoms with Crippen molar-refractivity contribution in [3.63, 3.8) is 0 Å². The molecule has 1 aliphatic heterocycles. The Morgan fingerprint density at radius 1 is 1.09 bits per heavy atom. The minimum atomic E-state index is -5.36. The van der Waals surface area contributed by atoms with E-state index >= 15 is 0 Å². The minimum Gasteiger partial charge on any atom is -0.387 e. The number of aromatic nitrogens is 4. The Morgan fingerprint density at radius 2 is 1.75 bits per heavy atom. The Morgan fingerprint density at radius 3 is 2.38 bits per heavy atom. The van der Waals surface area contributed by atoms with Crippen molar-refractivity contribution in [2.24, 2.45) is 0 Å². The third-order valence-corrected chi connectivity index (χ3v) is 6.39. The Bertz CT molecular complexity index is 1160. The van der Waals surface area contributed by atoms with Gasteiger partial charge in [0.25, 0.3) is 5.56 Å². The number of nitrogens with zero attached hydrogens (tertiary/aromatic N) is 4. The molecule has 2 aromatic heterocycles. The van der Waals surface area contributed by atoms with E-state index in [4.69, 9.17) is 14.5 Å². The second-order valence-corrected chi connectivity index (χ2v) is 9.31. The smallest absolute Gasteiger partial charge is 0.387 e. The number of rotatable bonds is 8. The van der Waals surface area contributed by atoms with Crippen LogP contribution in [0.4, 0.5) is 0 Å². The largest absolute Gasteiger partial charge is 0.481 e. The van der Waals surface area contributed by atoms with Crippen molar-refractivity contribution in [2.45, 2.75) is 31.1 Å². The lowest BCUT2D eigenvalue weighted by Crippen LogP contribution is -2.43. The first-order valence-corrected chi connectivity index (χ1v) is 11.7. The van der Waals surface area contributed by atoms with Crippen LogP contribution in [0.2, 0.25) is 0 Å². The molecule has 2 aromatic rings. The molecule has 0 radical (unpaired) electrons. The van der Waals surface area contributed by atoms with Gasteiger partial charge in [-0.05, 0) is 6.07 Å². The van der Waals surface area contributed by atoms with Gasteiger partial charge in [-0.25, -0.2) is 23.9 Å². The highest BCUT2D eigenvalue weighted by Crippen LogP contribution is 2.57. The summed E-state index contributed by atoms with van der Waals surface area (Å²) in [5.41, 5.74) is -1.62. The number of phosphoric ester groups is 1. The van der Waals surface area contributed by atoms with Gasteiger partial charge in [0, 0.05) is 24.7 Å². The van der Waals surface area contributed by atoms with E-state index in [2.05, 4.69) is 18.8 Å². The van der Waals surface area contributed by atoms with Crippen molar-refractivity contribution in [3.05, 3.63) is 57.4 Å². The zero-order valence-corrected chi connectivity index (χ0v) is 17.7. The molecule has 0 aliphatic carbocycles. The van der Waals surface area contributed by atoms with E-state index in [9.17, 15) is 33.8 Å². The summed E-state index contributed by atoms with van der Waals surface area (Å²) in [6.45, 7) is -1.22. The Labute approximate surface area is 178 Å². The average molecular weight is 496 g/mol. The first kappa shape index (κ1) is 24.5. The van der Waals surface area contributed by atoms with Crippen molar-refractivity contribution in [1.82, 2.24) is 19.1 Å². The van der Waals surface area contributed by atoms with E-state index in [-0.39, 0.29) is 12.4 Å². The summed E-state index contributed by atoms with van der Waals surface area (Å²) in [6, 6.07) is 2.55. The molecule has 5 atom stereocenters. The van der Waals surface area contributed by atoms with Crippen molar-refractivity contribution in [3.8, 4) is 0 Å². The molecule has 3 heterocycles. The van der Waals surface area contributed by atoms with Gasteiger partial charge in [0.05, 0.1) is 13.2 Å². The van der Waals surface area contributed by atoms with Gasteiger partial charge in [0.1, 0.15) is 24.1 Å². The molecular formula is C14H18N4O12P2. The molecule has 0 aromatic carbocycles. The van der Waals surface area contributed by atoms with Gasteiger partial charge in [0.15, 0.2) is 6.23 Å². The minimum absolute atomic E-state index is 0.160. The van der Waals surface area contributed by atoms with Crippen LogP contribution in [0, 0.1) is 0 Å².